The fraction of sp³-hybridized carbons (Fsp3) is 0. The van der Waals surface area contributed by atoms with Gasteiger partial charge in [0, 0.05) is 0 Å². The summed E-state index contributed by atoms with van der Waals surface area (Å²) >= 11 is 0. The molecular weight excluding hydrogens is 456 g/mol. The van der Waals surface area contributed by atoms with Crippen molar-refractivity contribution in [3.8, 4) is 0 Å². The van der Waals surface area contributed by atoms with E-state index in [1.54, 1.807) is 0 Å². The first kappa shape index (κ1) is 16.4. The summed E-state index contributed by atoms with van der Waals surface area (Å²) in [5.41, 5.74) is 13.5. The average molecular weight is 460 g/mol. The molecule has 0 atom stereocenters. The molecule has 0 aromatic heterocycles. The summed E-state index contributed by atoms with van der Waals surface area (Å²) in [6, 6.07) is 0. The van der Waals surface area contributed by atoms with Crippen molar-refractivity contribution in [3.05, 3.63) is 16.0 Å². The average Bonchev–Trinajstić information content (AvgIpc) is 0.918. The number of hydrogen-bond donors (Lipinski definition) is 0. The van der Waals surface area contributed by atoms with E-state index >= 15 is 0 Å². The van der Waals surface area contributed by atoms with Gasteiger partial charge in [0.1, 0.15) is 0 Å². The quantitative estimate of drug-likeness (QED) is 0.194. The molecule has 4 radical (unpaired) electrons. The van der Waals surface area contributed by atoms with Gasteiger partial charge in [-0.2, -0.15) is 0 Å². The second-order valence-electron chi connectivity index (χ2n) is 0.0894. The summed E-state index contributed by atoms with van der Waals surface area (Å²) in [4.78, 5) is 1.50. The van der Waals surface area contributed by atoms with E-state index < -0.39 is 0 Å². The van der Waals surface area contributed by atoms with Crippen LogP contribution in [0.3, 0.4) is 0 Å². The predicted octanol–water partition coefficient (Wildman–Crippen LogP) is -0.966. The maximum atomic E-state index is 6.75. The topological polar surface area (TPSA) is 58.7 Å². The molecule has 0 heterocycles. The molecule has 0 saturated heterocycles. The van der Waals surface area contributed by atoms with E-state index in [0.717, 1.165) is 0 Å². The van der Waals surface area contributed by atoms with E-state index in [0.29, 0.717) is 0 Å². The Morgan fingerprint density at radius 2 is 1.00 bits per heavy atom. The zero-order valence-corrected chi connectivity index (χ0v) is 13.8. The van der Waals surface area contributed by atoms with Crippen LogP contribution in [0.5, 0.6) is 0 Å². The van der Waals surface area contributed by atoms with Gasteiger partial charge in [0.2, 0.25) is 0 Å². The molecule has 0 aromatic rings. The van der Waals surface area contributed by atoms with Gasteiger partial charge in [-0.15, -0.1) is 0 Å². The molecule has 0 unspecified atom stereocenters. The molecule has 0 aliphatic heterocycles. The summed E-state index contributed by atoms with van der Waals surface area (Å²) in [7, 11) is 0. The molecule has 0 amide bonds. The normalized spacial score (nSPS) is 1.60. The van der Waals surface area contributed by atoms with Crippen molar-refractivity contribution in [2.75, 3.05) is 0 Å². The van der Waals surface area contributed by atoms with E-state index in [-0.39, 0.29) is 54.6 Å². The van der Waals surface area contributed by atoms with Gasteiger partial charge in [0.15, 0.2) is 0 Å². The van der Waals surface area contributed by atoms with Crippen LogP contribution in [0.1, 0.15) is 0 Å². The summed E-state index contributed by atoms with van der Waals surface area (Å²) in [5, 5.41) is 0. The maximum absolute atomic E-state index is 6.75. The van der Waals surface area contributed by atoms with Crippen molar-refractivity contribution >= 4 is 54.6 Å². The first-order valence-corrected chi connectivity index (χ1v) is 0.400. The van der Waals surface area contributed by atoms with Gasteiger partial charge < -0.3 is 11.1 Å². The van der Waals surface area contributed by atoms with E-state index in [2.05, 4.69) is 0 Å². The SMILES string of the molecule is [N-]=[N+]=[N-].[PbH2].[PbH2]. The Hall–Kier alpha value is 1.15. The van der Waals surface area contributed by atoms with Gasteiger partial charge in [-0.1, -0.05) is 0 Å². The number of nitrogens with zero attached hydrogens (tertiary/aromatic N) is 3. The molecule has 0 bridgehead atoms. The Morgan fingerprint density at radius 3 is 1.00 bits per heavy atom. The van der Waals surface area contributed by atoms with Crippen LogP contribution in [0.2, 0.25) is 0 Å². The zero-order chi connectivity index (χ0) is 2.71. The molecule has 0 aliphatic rings. The summed E-state index contributed by atoms with van der Waals surface area (Å²) in [5.74, 6) is 0. The summed E-state index contributed by atoms with van der Waals surface area (Å²) in [6.07, 6.45) is 0. The first-order chi connectivity index (χ1) is 1.41. The van der Waals surface area contributed by atoms with Gasteiger partial charge in [-0.3, -0.25) is 4.91 Å². The minimum absolute atomic E-state index is 0. The zero-order valence-electron chi connectivity index (χ0n) is 2.76. The van der Waals surface area contributed by atoms with E-state index in [1.807, 2.05) is 0 Å². The van der Waals surface area contributed by atoms with Crippen LogP contribution in [0.15, 0.2) is 0 Å². The van der Waals surface area contributed by atoms with Crippen LogP contribution in [-0.4, -0.2) is 54.6 Å². The van der Waals surface area contributed by atoms with E-state index in [9.17, 15) is 0 Å². The molecule has 3 nitrogen and oxygen atoms in total. The molecule has 0 saturated carbocycles. The van der Waals surface area contributed by atoms with Gasteiger partial charge in [-0.25, -0.2) is 0 Å². The Labute approximate surface area is 69.9 Å². The predicted molar refractivity (Wildman–Crippen MR) is 27.2 cm³/mol. The van der Waals surface area contributed by atoms with Crippen LogP contribution >= 0.6 is 0 Å². The van der Waals surface area contributed by atoms with Crippen LogP contribution in [0, 0.1) is 0 Å². The van der Waals surface area contributed by atoms with Crippen molar-refractivity contribution in [1.29, 1.82) is 0 Å². The van der Waals surface area contributed by atoms with Crippen molar-refractivity contribution in [1.82, 2.24) is 0 Å². The van der Waals surface area contributed by atoms with E-state index in [4.69, 9.17) is 11.1 Å². The molecular formula is H4N3Pb2-. The van der Waals surface area contributed by atoms with Crippen molar-refractivity contribution in [2.45, 2.75) is 0 Å². The third-order valence-electron chi connectivity index (χ3n) is 0. The molecule has 0 spiro atoms. The third-order valence-corrected chi connectivity index (χ3v) is 0. The van der Waals surface area contributed by atoms with Crippen LogP contribution in [-0.2, 0) is 0 Å². The Morgan fingerprint density at radius 1 is 1.00 bits per heavy atom. The van der Waals surface area contributed by atoms with Crippen molar-refractivity contribution < 1.29 is 0 Å². The molecule has 28 valence electrons. The van der Waals surface area contributed by atoms with Gasteiger partial charge in [0.05, 0.1) is 0 Å². The fourth-order valence-electron chi connectivity index (χ4n) is 0. The molecule has 0 N–H and O–H groups in total. The monoisotopic (exact) mass is 462 g/mol. The third kappa shape index (κ3) is 38.5. The number of hydrogen-bond acceptors (Lipinski definition) is 0. The molecule has 0 fully saturated rings. The van der Waals surface area contributed by atoms with Crippen molar-refractivity contribution in [2.24, 2.45) is 0 Å². The second-order valence-corrected chi connectivity index (χ2v) is 0.0894. The first-order valence-electron chi connectivity index (χ1n) is 0.400. The van der Waals surface area contributed by atoms with Crippen molar-refractivity contribution in [3.63, 3.8) is 0 Å². The Bertz CT molecular complexity index is 25.9. The molecule has 5 heteroatoms. The Kier molecular flexibility index (Phi) is 63.0. The Balaban J connectivity index is -0.0000000200. The van der Waals surface area contributed by atoms with Gasteiger partial charge in [0.25, 0.3) is 0 Å². The molecule has 0 aliphatic carbocycles. The number of rotatable bonds is 0. The van der Waals surface area contributed by atoms with E-state index in [1.165, 1.54) is 4.91 Å². The van der Waals surface area contributed by atoms with Gasteiger partial charge in [-0.05, 0) is 0 Å². The second kappa shape index (κ2) is 19.2. The minimum atomic E-state index is 0. The summed E-state index contributed by atoms with van der Waals surface area (Å²) < 4.78 is 0. The fourth-order valence-corrected chi connectivity index (χ4v) is 0. The van der Waals surface area contributed by atoms with Crippen LogP contribution in [0.25, 0.3) is 16.0 Å². The molecule has 0 aromatic carbocycles. The van der Waals surface area contributed by atoms with Crippen LogP contribution in [0.4, 0.5) is 0 Å². The molecule has 0 rings (SSSR count). The standard InChI is InChI=1S/N3.2Pb.4H/c1-3-2;;;;;;/q-1;;;;;;. The van der Waals surface area contributed by atoms with Crippen LogP contribution < -0.4 is 0 Å². The van der Waals surface area contributed by atoms with Gasteiger partial charge >= 0.3 is 54.6 Å². The summed E-state index contributed by atoms with van der Waals surface area (Å²) in [6.45, 7) is 0. The molecule has 5 heavy (non-hydrogen) atoms.